The molecule has 1 atom stereocenters. The van der Waals surface area contributed by atoms with E-state index in [-0.39, 0.29) is 6.17 Å². The molecule has 4 rings (SSSR count). The number of nitrogens with zero attached hydrogens (tertiary/aromatic N) is 2. The zero-order valence-corrected chi connectivity index (χ0v) is 13.5. The van der Waals surface area contributed by atoms with Gasteiger partial charge in [-0.1, -0.05) is 29.8 Å². The van der Waals surface area contributed by atoms with Crippen LogP contribution < -0.4 is 10.1 Å². The fraction of sp³-hybridized carbons (Fsp3) is 0.211. The lowest BCUT2D eigenvalue weighted by atomic mass is 10.0. The molecule has 3 aromatic rings. The van der Waals surface area contributed by atoms with Crippen molar-refractivity contribution in [2.75, 3.05) is 12.4 Å². The van der Waals surface area contributed by atoms with E-state index in [2.05, 4.69) is 47.3 Å². The second-order valence-electron chi connectivity index (χ2n) is 5.95. The lowest BCUT2D eigenvalue weighted by Crippen LogP contribution is -2.26. The van der Waals surface area contributed by atoms with E-state index in [1.54, 1.807) is 7.11 Å². The van der Waals surface area contributed by atoms with E-state index in [0.29, 0.717) is 0 Å². The summed E-state index contributed by atoms with van der Waals surface area (Å²) >= 11 is 0. The highest BCUT2D eigenvalue weighted by Gasteiger charge is 2.28. The maximum atomic E-state index is 5.55. The van der Waals surface area contributed by atoms with E-state index >= 15 is 0 Å². The van der Waals surface area contributed by atoms with E-state index in [1.807, 2.05) is 25.1 Å². The van der Waals surface area contributed by atoms with E-state index < -0.39 is 0 Å². The normalized spacial score (nSPS) is 15.5. The molecule has 0 unspecified atom stereocenters. The molecule has 0 bridgehead atoms. The first-order valence-electron chi connectivity index (χ1n) is 7.74. The molecule has 0 saturated carbocycles. The number of hydrogen-bond acceptors (Lipinski definition) is 3. The van der Waals surface area contributed by atoms with Gasteiger partial charge in [0.15, 0.2) is 6.17 Å². The molecule has 4 heteroatoms. The first-order chi connectivity index (χ1) is 11.2. The lowest BCUT2D eigenvalue weighted by Gasteiger charge is -2.30. The van der Waals surface area contributed by atoms with Crippen molar-refractivity contribution in [2.24, 2.45) is 0 Å². The van der Waals surface area contributed by atoms with Crippen molar-refractivity contribution >= 4 is 5.69 Å². The average Bonchev–Trinajstić information content (AvgIpc) is 2.96. The smallest absolute Gasteiger partial charge is 0.150 e. The Hall–Kier alpha value is -2.75. The Bertz CT molecular complexity index is 882. The third-order valence-electron chi connectivity index (χ3n) is 4.28. The highest BCUT2D eigenvalue weighted by molar-refractivity contribution is 5.79. The number of ether oxygens (including phenoxy) is 1. The van der Waals surface area contributed by atoms with Gasteiger partial charge in [0.2, 0.25) is 0 Å². The van der Waals surface area contributed by atoms with Crippen LogP contribution in [0.5, 0.6) is 5.75 Å². The summed E-state index contributed by atoms with van der Waals surface area (Å²) in [5.74, 6) is 0.861. The summed E-state index contributed by atoms with van der Waals surface area (Å²) < 4.78 is 7.60. The van der Waals surface area contributed by atoms with Crippen LogP contribution in [-0.4, -0.2) is 16.9 Å². The fourth-order valence-electron chi connectivity index (χ4n) is 3.22. The minimum absolute atomic E-state index is 0.0787. The van der Waals surface area contributed by atoms with E-state index in [1.165, 1.54) is 11.1 Å². The number of rotatable bonds is 2. The van der Waals surface area contributed by atoms with Crippen LogP contribution in [0.15, 0.2) is 48.5 Å². The number of aryl methyl sites for hydroxylation is 2. The van der Waals surface area contributed by atoms with Gasteiger partial charge < -0.3 is 10.1 Å². The molecule has 1 aromatic heterocycles. The van der Waals surface area contributed by atoms with Gasteiger partial charge in [0.05, 0.1) is 18.5 Å². The van der Waals surface area contributed by atoms with Gasteiger partial charge in [-0.05, 0) is 38.1 Å². The number of nitrogens with one attached hydrogen (secondary N) is 1. The number of benzene rings is 2. The molecule has 2 aromatic carbocycles. The predicted octanol–water partition coefficient (Wildman–Crippen LogP) is 4.15. The Morgan fingerprint density at radius 3 is 2.74 bits per heavy atom. The second-order valence-corrected chi connectivity index (χ2v) is 5.95. The van der Waals surface area contributed by atoms with Crippen molar-refractivity contribution in [3.05, 3.63) is 65.4 Å². The topological polar surface area (TPSA) is 39.1 Å². The summed E-state index contributed by atoms with van der Waals surface area (Å²) in [5.41, 5.74) is 6.78. The molecule has 0 radical (unpaired) electrons. The van der Waals surface area contributed by atoms with Gasteiger partial charge in [-0.3, -0.25) is 0 Å². The van der Waals surface area contributed by atoms with Gasteiger partial charge >= 0.3 is 0 Å². The largest absolute Gasteiger partial charge is 0.496 e. The summed E-state index contributed by atoms with van der Waals surface area (Å²) in [6, 6.07) is 16.7. The average molecular weight is 305 g/mol. The Labute approximate surface area is 135 Å². The molecule has 1 N–H and O–H groups in total. The molecule has 0 fully saturated rings. The van der Waals surface area contributed by atoms with Crippen molar-refractivity contribution < 1.29 is 4.74 Å². The zero-order chi connectivity index (χ0) is 16.0. The molecule has 116 valence electrons. The predicted molar refractivity (Wildman–Crippen MR) is 91.9 cm³/mol. The van der Waals surface area contributed by atoms with E-state index in [9.17, 15) is 0 Å². The third-order valence-corrected chi connectivity index (χ3v) is 4.28. The minimum atomic E-state index is -0.0787. The van der Waals surface area contributed by atoms with Crippen LogP contribution in [0.1, 0.15) is 23.0 Å². The zero-order valence-electron chi connectivity index (χ0n) is 13.5. The summed E-state index contributed by atoms with van der Waals surface area (Å²) in [7, 11) is 1.70. The van der Waals surface area contributed by atoms with Gasteiger partial charge in [-0.25, -0.2) is 4.68 Å². The molecule has 0 aliphatic carbocycles. The van der Waals surface area contributed by atoms with Crippen molar-refractivity contribution in [3.8, 4) is 17.0 Å². The van der Waals surface area contributed by atoms with Gasteiger partial charge in [0, 0.05) is 16.8 Å². The van der Waals surface area contributed by atoms with Gasteiger partial charge in [-0.15, -0.1) is 0 Å². The minimum Gasteiger partial charge on any atom is -0.496 e. The van der Waals surface area contributed by atoms with E-state index in [4.69, 9.17) is 9.84 Å². The SMILES string of the molecule is COc1ccccc1[C@@H]1Nc2ccc(C)cc2-c2cc(C)nn21. The van der Waals surface area contributed by atoms with Crippen LogP contribution in [0.3, 0.4) is 0 Å². The number of para-hydroxylation sites is 1. The van der Waals surface area contributed by atoms with Gasteiger partial charge in [0.1, 0.15) is 5.75 Å². The summed E-state index contributed by atoms with van der Waals surface area (Å²) in [4.78, 5) is 0. The molecule has 0 spiro atoms. The summed E-state index contributed by atoms with van der Waals surface area (Å²) in [5, 5.41) is 8.32. The van der Waals surface area contributed by atoms with Gasteiger partial charge in [-0.2, -0.15) is 5.10 Å². The second kappa shape index (κ2) is 5.16. The highest BCUT2D eigenvalue weighted by Crippen LogP contribution is 2.40. The quantitative estimate of drug-likeness (QED) is 0.773. The van der Waals surface area contributed by atoms with Crippen molar-refractivity contribution in [1.29, 1.82) is 0 Å². The molecule has 0 saturated heterocycles. The third kappa shape index (κ3) is 2.18. The van der Waals surface area contributed by atoms with Crippen molar-refractivity contribution in [3.63, 3.8) is 0 Å². The molecule has 2 heterocycles. The van der Waals surface area contributed by atoms with E-state index in [0.717, 1.165) is 28.4 Å². The van der Waals surface area contributed by atoms with Crippen LogP contribution in [-0.2, 0) is 0 Å². The summed E-state index contributed by atoms with van der Waals surface area (Å²) in [6.45, 7) is 4.14. The van der Waals surface area contributed by atoms with Crippen LogP contribution in [0.25, 0.3) is 11.3 Å². The molecular formula is C19H19N3O. The Balaban J connectivity index is 1.93. The molecule has 1 aliphatic heterocycles. The number of fused-ring (bicyclic) bond motifs is 3. The molecular weight excluding hydrogens is 286 g/mol. The number of aromatic nitrogens is 2. The Morgan fingerprint density at radius 2 is 1.91 bits per heavy atom. The maximum absolute atomic E-state index is 5.55. The van der Waals surface area contributed by atoms with Crippen molar-refractivity contribution in [1.82, 2.24) is 9.78 Å². The number of anilines is 1. The molecule has 0 amide bonds. The lowest BCUT2D eigenvalue weighted by molar-refractivity contribution is 0.401. The highest BCUT2D eigenvalue weighted by atomic mass is 16.5. The van der Waals surface area contributed by atoms with Gasteiger partial charge in [0.25, 0.3) is 0 Å². The standard InChI is InChI=1S/C19H19N3O/c1-12-8-9-16-15(10-12)17-11-13(2)21-22(17)19(20-16)14-6-4-5-7-18(14)23-3/h4-11,19-20H,1-3H3/t19-/m1/s1. The fourth-order valence-corrected chi connectivity index (χ4v) is 3.22. The van der Waals surface area contributed by atoms with Crippen LogP contribution in [0.4, 0.5) is 5.69 Å². The molecule has 23 heavy (non-hydrogen) atoms. The number of methoxy groups -OCH3 is 1. The number of hydrogen-bond donors (Lipinski definition) is 1. The van der Waals surface area contributed by atoms with Crippen LogP contribution >= 0.6 is 0 Å². The van der Waals surface area contributed by atoms with Crippen LogP contribution in [0, 0.1) is 13.8 Å². The Morgan fingerprint density at radius 1 is 1.09 bits per heavy atom. The first kappa shape index (κ1) is 13.9. The maximum Gasteiger partial charge on any atom is 0.150 e. The summed E-state index contributed by atoms with van der Waals surface area (Å²) in [6.07, 6.45) is -0.0787. The molecule has 4 nitrogen and oxygen atoms in total. The van der Waals surface area contributed by atoms with Crippen LogP contribution in [0.2, 0.25) is 0 Å². The Kier molecular flexibility index (Phi) is 3.11. The molecule has 1 aliphatic rings. The van der Waals surface area contributed by atoms with Crippen molar-refractivity contribution in [2.45, 2.75) is 20.0 Å². The first-order valence-corrected chi connectivity index (χ1v) is 7.74. The monoisotopic (exact) mass is 305 g/mol.